The normalized spacial score (nSPS) is 15.8. The van der Waals surface area contributed by atoms with Crippen molar-refractivity contribution in [1.82, 2.24) is 8.87 Å². The Morgan fingerprint density at radius 1 is 0.977 bits per heavy atom. The number of anilines is 1. The molecule has 0 spiro atoms. The highest BCUT2D eigenvalue weighted by Crippen LogP contribution is 2.33. The number of benzene rings is 3. The summed E-state index contributed by atoms with van der Waals surface area (Å²) in [5.41, 5.74) is 4.12. The predicted octanol–water partition coefficient (Wildman–Crippen LogP) is 4.06. The first-order valence-electron chi connectivity index (χ1n) is 14.0. The average molecular weight is 637 g/mol. The Bertz CT molecular complexity index is 1840. The number of carbonyl (C=O) groups is 1. The van der Waals surface area contributed by atoms with Crippen LogP contribution in [0.5, 0.6) is 17.2 Å². The van der Waals surface area contributed by atoms with Gasteiger partial charge in [0.05, 0.1) is 49.4 Å². The molecule has 0 aliphatic carbocycles. The lowest BCUT2D eigenvalue weighted by Gasteiger charge is -2.26. The highest BCUT2D eigenvalue weighted by molar-refractivity contribution is 7.89. The van der Waals surface area contributed by atoms with Crippen molar-refractivity contribution in [2.45, 2.75) is 17.9 Å². The fraction of sp³-hybridized carbons (Fsp3) is 0.290. The molecular weight excluding hydrogens is 604 g/mol. The predicted molar refractivity (Wildman–Crippen MR) is 166 cm³/mol. The molecule has 230 valence electrons. The van der Waals surface area contributed by atoms with Gasteiger partial charge in [-0.1, -0.05) is 6.07 Å². The maximum Gasteiger partial charge on any atom is 0.262 e. The third kappa shape index (κ3) is 6.22. The SMILES string of the molecule is COc1ccc(CCn2c(-c3ccc4c(c3)NC(=O)CO4)csc2=Nc2ccc(S(=O)(=O)N3CCOCC3)cc2)cc1OC. The van der Waals surface area contributed by atoms with E-state index in [1.807, 2.05) is 41.8 Å². The lowest BCUT2D eigenvalue weighted by molar-refractivity contribution is -0.118. The maximum absolute atomic E-state index is 13.1. The summed E-state index contributed by atoms with van der Waals surface area (Å²) in [6, 6.07) is 18.2. The number of fused-ring (bicyclic) bond motifs is 1. The molecule has 1 amide bonds. The number of amides is 1. The van der Waals surface area contributed by atoms with E-state index < -0.39 is 10.0 Å². The number of rotatable bonds is 9. The second-order valence-electron chi connectivity index (χ2n) is 10.2. The van der Waals surface area contributed by atoms with Crippen molar-refractivity contribution in [2.75, 3.05) is 52.4 Å². The van der Waals surface area contributed by atoms with Gasteiger partial charge < -0.3 is 28.8 Å². The van der Waals surface area contributed by atoms with E-state index in [-0.39, 0.29) is 17.4 Å². The molecule has 0 saturated carbocycles. The van der Waals surface area contributed by atoms with Crippen LogP contribution in [0.15, 0.2) is 75.9 Å². The lowest BCUT2D eigenvalue weighted by Crippen LogP contribution is -2.40. The Kier molecular flexibility index (Phi) is 8.71. The minimum absolute atomic E-state index is 0.00825. The second kappa shape index (κ2) is 12.8. The quantitative estimate of drug-likeness (QED) is 0.294. The van der Waals surface area contributed by atoms with Gasteiger partial charge in [-0.2, -0.15) is 4.31 Å². The average Bonchev–Trinajstić information content (AvgIpc) is 3.45. The fourth-order valence-corrected chi connectivity index (χ4v) is 7.49. The first-order valence-corrected chi connectivity index (χ1v) is 16.4. The topological polar surface area (TPSA) is 121 Å². The molecule has 0 bridgehead atoms. The number of hydrogen-bond donors (Lipinski definition) is 1. The van der Waals surface area contributed by atoms with Crippen LogP contribution < -0.4 is 24.3 Å². The number of carbonyl (C=O) groups excluding carboxylic acids is 1. The molecule has 1 aromatic heterocycles. The first-order chi connectivity index (χ1) is 21.4. The number of thiazole rings is 1. The van der Waals surface area contributed by atoms with E-state index in [1.165, 1.54) is 15.6 Å². The summed E-state index contributed by atoms with van der Waals surface area (Å²) in [4.78, 5) is 17.8. The standard InChI is InChI=1S/C31H32N4O7S2/c1-39-28-9-3-21(17-29(28)40-2)11-12-35-26(22-4-10-27-25(18-22)33-30(36)19-42-27)20-43-31(35)32-23-5-7-24(8-6-23)44(37,38)34-13-15-41-16-14-34/h3-10,17-18,20H,11-16,19H2,1-2H3,(H,33,36). The van der Waals surface area contributed by atoms with E-state index >= 15 is 0 Å². The van der Waals surface area contributed by atoms with Gasteiger partial charge in [0.15, 0.2) is 22.9 Å². The van der Waals surface area contributed by atoms with Crippen molar-refractivity contribution in [1.29, 1.82) is 0 Å². The number of sulfonamides is 1. The fourth-order valence-electron chi connectivity index (χ4n) is 5.12. The second-order valence-corrected chi connectivity index (χ2v) is 12.9. The van der Waals surface area contributed by atoms with E-state index in [4.69, 9.17) is 23.9 Å². The number of aromatic nitrogens is 1. The van der Waals surface area contributed by atoms with Crippen LogP contribution in [0.3, 0.4) is 0 Å². The number of hydrogen-bond acceptors (Lipinski definition) is 9. The Morgan fingerprint density at radius 3 is 2.50 bits per heavy atom. The summed E-state index contributed by atoms with van der Waals surface area (Å²) in [6.07, 6.45) is 0.679. The van der Waals surface area contributed by atoms with Gasteiger partial charge in [-0.3, -0.25) is 4.79 Å². The van der Waals surface area contributed by atoms with Crippen molar-refractivity contribution >= 4 is 38.6 Å². The zero-order valence-electron chi connectivity index (χ0n) is 24.3. The molecule has 0 unspecified atom stereocenters. The molecule has 44 heavy (non-hydrogen) atoms. The summed E-state index contributed by atoms with van der Waals surface area (Å²) in [7, 11) is -0.386. The van der Waals surface area contributed by atoms with Gasteiger partial charge in [0, 0.05) is 30.6 Å². The summed E-state index contributed by atoms with van der Waals surface area (Å²) in [5, 5.41) is 4.91. The molecular formula is C31H32N4O7S2. The van der Waals surface area contributed by atoms with Gasteiger partial charge in [0.25, 0.3) is 5.91 Å². The molecule has 13 heteroatoms. The van der Waals surface area contributed by atoms with E-state index in [1.54, 1.807) is 38.5 Å². The van der Waals surface area contributed by atoms with Crippen LogP contribution in [0, 0.1) is 0 Å². The third-order valence-electron chi connectivity index (χ3n) is 7.45. The summed E-state index contributed by atoms with van der Waals surface area (Å²) < 4.78 is 51.5. The zero-order valence-corrected chi connectivity index (χ0v) is 25.9. The van der Waals surface area contributed by atoms with E-state index in [2.05, 4.69) is 9.88 Å². The highest BCUT2D eigenvalue weighted by atomic mass is 32.2. The number of nitrogens with zero attached hydrogens (tertiary/aromatic N) is 3. The van der Waals surface area contributed by atoms with Crippen LogP contribution in [0.2, 0.25) is 0 Å². The van der Waals surface area contributed by atoms with Crippen LogP contribution >= 0.6 is 11.3 Å². The third-order valence-corrected chi connectivity index (χ3v) is 10.2. The molecule has 0 atom stereocenters. The van der Waals surface area contributed by atoms with Gasteiger partial charge in [-0.05, 0) is 66.6 Å². The molecule has 2 aliphatic heterocycles. The van der Waals surface area contributed by atoms with Crippen LogP contribution in [-0.2, 0) is 32.5 Å². The van der Waals surface area contributed by atoms with Crippen molar-refractivity contribution in [3.05, 3.63) is 76.4 Å². The lowest BCUT2D eigenvalue weighted by atomic mass is 10.1. The van der Waals surface area contributed by atoms with Crippen LogP contribution in [0.25, 0.3) is 11.3 Å². The van der Waals surface area contributed by atoms with Crippen molar-refractivity contribution in [3.8, 4) is 28.5 Å². The molecule has 11 nitrogen and oxygen atoms in total. The first kappa shape index (κ1) is 29.9. The Balaban J connectivity index is 1.35. The molecule has 0 radical (unpaired) electrons. The van der Waals surface area contributed by atoms with Crippen molar-refractivity contribution < 1.29 is 32.2 Å². The van der Waals surface area contributed by atoms with Gasteiger partial charge in [-0.25, -0.2) is 13.4 Å². The zero-order chi connectivity index (χ0) is 30.7. The minimum Gasteiger partial charge on any atom is -0.493 e. The largest absolute Gasteiger partial charge is 0.493 e. The highest BCUT2D eigenvalue weighted by Gasteiger charge is 2.26. The summed E-state index contributed by atoms with van der Waals surface area (Å²) in [5.74, 6) is 1.74. The monoisotopic (exact) mass is 636 g/mol. The van der Waals surface area contributed by atoms with Crippen LogP contribution in [0.4, 0.5) is 11.4 Å². The molecule has 6 rings (SSSR count). The Labute approximate surface area is 259 Å². The molecule has 3 aromatic carbocycles. The maximum atomic E-state index is 13.1. The number of nitrogens with one attached hydrogen (secondary N) is 1. The smallest absolute Gasteiger partial charge is 0.262 e. The van der Waals surface area contributed by atoms with Gasteiger partial charge in [0.2, 0.25) is 10.0 Å². The Morgan fingerprint density at radius 2 is 1.75 bits per heavy atom. The summed E-state index contributed by atoms with van der Waals surface area (Å²) >= 11 is 1.48. The number of morpholine rings is 1. The molecule has 1 fully saturated rings. The number of methoxy groups -OCH3 is 2. The van der Waals surface area contributed by atoms with Gasteiger partial charge in [-0.15, -0.1) is 11.3 Å². The van der Waals surface area contributed by atoms with Crippen molar-refractivity contribution in [3.63, 3.8) is 0 Å². The van der Waals surface area contributed by atoms with Gasteiger partial charge >= 0.3 is 0 Å². The number of aryl methyl sites for hydroxylation is 1. The molecule has 4 aromatic rings. The number of ether oxygens (including phenoxy) is 4. The van der Waals surface area contributed by atoms with Gasteiger partial charge in [0.1, 0.15) is 5.75 Å². The van der Waals surface area contributed by atoms with Crippen molar-refractivity contribution in [2.24, 2.45) is 4.99 Å². The minimum atomic E-state index is -3.60. The molecule has 1 N–H and O–H groups in total. The molecule has 3 heterocycles. The Hall–Kier alpha value is -4.17. The van der Waals surface area contributed by atoms with E-state index in [0.29, 0.717) is 67.9 Å². The van der Waals surface area contributed by atoms with Crippen LogP contribution in [-0.4, -0.2) is 70.3 Å². The molecule has 1 saturated heterocycles. The van der Waals surface area contributed by atoms with E-state index in [9.17, 15) is 13.2 Å². The molecule has 2 aliphatic rings. The van der Waals surface area contributed by atoms with Crippen LogP contribution in [0.1, 0.15) is 5.56 Å². The van der Waals surface area contributed by atoms with E-state index in [0.717, 1.165) is 21.6 Å². The summed E-state index contributed by atoms with van der Waals surface area (Å²) in [6.45, 7) is 2.04.